The van der Waals surface area contributed by atoms with Crippen LogP contribution in [0.2, 0.25) is 0 Å². The monoisotopic (exact) mass is 358 g/mol. The Hall–Kier alpha value is -3.47. The summed E-state index contributed by atoms with van der Waals surface area (Å²) in [5, 5.41) is 11.2. The second-order valence-corrected chi connectivity index (χ2v) is 6.62. The van der Waals surface area contributed by atoms with Crippen LogP contribution in [0.5, 0.6) is 0 Å². The first-order valence-corrected chi connectivity index (χ1v) is 8.75. The number of aromatic carboxylic acids is 1. The average molecular weight is 358 g/mol. The van der Waals surface area contributed by atoms with Crippen LogP contribution in [0.3, 0.4) is 0 Å². The Morgan fingerprint density at radius 3 is 2.56 bits per heavy atom. The van der Waals surface area contributed by atoms with Crippen molar-refractivity contribution in [3.05, 3.63) is 87.8 Å². The molecule has 0 aliphatic rings. The standard InChI is InChI=1S/C22H18N2O3/c1-14-6-5-9-16-12-17-13-24(11-10-15-7-3-2-4-8-15)21(25)18(22(26)27)20(17)23-19(14)16/h2-9,12-13H,10-11H2,1H3,(H,26,27). The fraction of sp³-hybridized carbons (Fsp3) is 0.136. The van der Waals surface area contributed by atoms with Gasteiger partial charge in [-0.15, -0.1) is 0 Å². The summed E-state index contributed by atoms with van der Waals surface area (Å²) in [5.74, 6) is -1.25. The zero-order chi connectivity index (χ0) is 19.0. The molecule has 2 aromatic heterocycles. The van der Waals surface area contributed by atoms with Gasteiger partial charge < -0.3 is 9.67 Å². The van der Waals surface area contributed by atoms with Gasteiger partial charge in [0.15, 0.2) is 5.56 Å². The quantitative estimate of drug-likeness (QED) is 0.563. The van der Waals surface area contributed by atoms with Gasteiger partial charge in [-0.1, -0.05) is 48.5 Å². The molecule has 0 aliphatic carbocycles. The van der Waals surface area contributed by atoms with E-state index in [2.05, 4.69) is 4.98 Å². The number of rotatable bonds is 4. The number of benzene rings is 2. The lowest BCUT2D eigenvalue weighted by Gasteiger charge is -2.11. The first-order chi connectivity index (χ1) is 13.0. The van der Waals surface area contributed by atoms with Crippen molar-refractivity contribution in [2.75, 3.05) is 0 Å². The topological polar surface area (TPSA) is 72.2 Å². The highest BCUT2D eigenvalue weighted by Crippen LogP contribution is 2.23. The molecule has 0 fully saturated rings. The van der Waals surface area contributed by atoms with Gasteiger partial charge in [-0.05, 0) is 30.5 Å². The van der Waals surface area contributed by atoms with Crippen LogP contribution >= 0.6 is 0 Å². The molecule has 27 heavy (non-hydrogen) atoms. The maximum Gasteiger partial charge on any atom is 0.343 e. The summed E-state index contributed by atoms with van der Waals surface area (Å²) in [6.07, 6.45) is 2.35. The lowest BCUT2D eigenvalue weighted by Crippen LogP contribution is -2.27. The molecule has 0 saturated heterocycles. The minimum atomic E-state index is -1.25. The zero-order valence-electron chi connectivity index (χ0n) is 14.8. The third kappa shape index (κ3) is 3.08. The van der Waals surface area contributed by atoms with Gasteiger partial charge in [-0.3, -0.25) is 4.79 Å². The third-order valence-corrected chi connectivity index (χ3v) is 4.78. The number of para-hydroxylation sites is 1. The van der Waals surface area contributed by atoms with Crippen LogP contribution < -0.4 is 5.56 Å². The first-order valence-electron chi connectivity index (χ1n) is 8.75. The molecule has 0 saturated carbocycles. The van der Waals surface area contributed by atoms with E-state index < -0.39 is 11.5 Å². The van der Waals surface area contributed by atoms with Crippen molar-refractivity contribution >= 4 is 27.8 Å². The molecular weight excluding hydrogens is 340 g/mol. The molecule has 4 rings (SSSR count). The Bertz CT molecular complexity index is 1230. The third-order valence-electron chi connectivity index (χ3n) is 4.78. The SMILES string of the molecule is Cc1cccc2cc3cn(CCc4ccccc4)c(=O)c(C(=O)O)c3nc12. The predicted octanol–water partition coefficient (Wildman–Crippen LogP) is 3.80. The molecule has 1 N–H and O–H groups in total. The van der Waals surface area contributed by atoms with Crippen LogP contribution in [0.1, 0.15) is 21.5 Å². The van der Waals surface area contributed by atoms with Crippen molar-refractivity contribution in [1.82, 2.24) is 9.55 Å². The summed E-state index contributed by atoms with van der Waals surface area (Å²) >= 11 is 0. The van der Waals surface area contributed by atoms with Crippen molar-refractivity contribution in [2.24, 2.45) is 0 Å². The molecule has 5 heteroatoms. The largest absolute Gasteiger partial charge is 0.477 e. The maximum absolute atomic E-state index is 12.8. The Morgan fingerprint density at radius 1 is 1.04 bits per heavy atom. The molecule has 0 spiro atoms. The minimum Gasteiger partial charge on any atom is -0.477 e. The van der Waals surface area contributed by atoms with Crippen LogP contribution in [-0.2, 0) is 13.0 Å². The fourth-order valence-electron chi connectivity index (χ4n) is 3.39. The number of nitrogens with zero attached hydrogens (tertiary/aromatic N) is 2. The number of hydrogen-bond acceptors (Lipinski definition) is 3. The normalized spacial score (nSPS) is 11.1. The number of carboxylic acid groups (broad SMARTS) is 1. The number of aryl methyl sites for hydroxylation is 3. The summed E-state index contributed by atoms with van der Waals surface area (Å²) in [6.45, 7) is 2.33. The Kier molecular flexibility index (Phi) is 4.20. The zero-order valence-corrected chi connectivity index (χ0v) is 14.8. The maximum atomic E-state index is 12.8. The Labute approximate surface area is 155 Å². The highest BCUT2D eigenvalue weighted by molar-refractivity contribution is 6.04. The molecule has 0 radical (unpaired) electrons. The summed E-state index contributed by atoms with van der Waals surface area (Å²) in [6, 6.07) is 17.5. The van der Waals surface area contributed by atoms with E-state index in [1.165, 1.54) is 4.57 Å². The Balaban J connectivity index is 1.90. The number of aromatic nitrogens is 2. The molecular formula is C22H18N2O3. The molecule has 2 aromatic carbocycles. The van der Waals surface area contributed by atoms with E-state index in [1.54, 1.807) is 6.20 Å². The molecule has 0 bridgehead atoms. The second kappa shape index (κ2) is 6.68. The van der Waals surface area contributed by atoms with Crippen LogP contribution in [-0.4, -0.2) is 20.6 Å². The van der Waals surface area contributed by atoms with Gasteiger partial charge in [-0.25, -0.2) is 9.78 Å². The second-order valence-electron chi connectivity index (χ2n) is 6.62. The molecule has 0 unspecified atom stereocenters. The van der Waals surface area contributed by atoms with E-state index in [1.807, 2.05) is 61.5 Å². The van der Waals surface area contributed by atoms with Gasteiger partial charge >= 0.3 is 5.97 Å². The van der Waals surface area contributed by atoms with Crippen molar-refractivity contribution < 1.29 is 9.90 Å². The molecule has 0 amide bonds. The van der Waals surface area contributed by atoms with Crippen LogP contribution in [0.4, 0.5) is 0 Å². The van der Waals surface area contributed by atoms with E-state index in [0.717, 1.165) is 16.5 Å². The Morgan fingerprint density at radius 2 is 1.81 bits per heavy atom. The van der Waals surface area contributed by atoms with Crippen molar-refractivity contribution in [3.8, 4) is 0 Å². The van der Waals surface area contributed by atoms with Crippen LogP contribution in [0.25, 0.3) is 21.8 Å². The van der Waals surface area contributed by atoms with Gasteiger partial charge in [0.05, 0.1) is 11.0 Å². The van der Waals surface area contributed by atoms with Gasteiger partial charge in [0, 0.05) is 23.5 Å². The lowest BCUT2D eigenvalue weighted by atomic mass is 10.1. The van der Waals surface area contributed by atoms with E-state index in [-0.39, 0.29) is 11.1 Å². The van der Waals surface area contributed by atoms with E-state index in [4.69, 9.17) is 0 Å². The van der Waals surface area contributed by atoms with Crippen LogP contribution in [0.15, 0.2) is 65.6 Å². The summed E-state index contributed by atoms with van der Waals surface area (Å²) in [7, 11) is 0. The van der Waals surface area contributed by atoms with E-state index in [0.29, 0.717) is 23.9 Å². The molecule has 0 atom stereocenters. The van der Waals surface area contributed by atoms with Gasteiger partial charge in [0.25, 0.3) is 5.56 Å². The van der Waals surface area contributed by atoms with Crippen LogP contribution in [0, 0.1) is 6.92 Å². The summed E-state index contributed by atoms with van der Waals surface area (Å²) in [5.41, 5.74) is 2.20. The number of pyridine rings is 2. The highest BCUT2D eigenvalue weighted by atomic mass is 16.4. The van der Waals surface area contributed by atoms with Crippen molar-refractivity contribution in [3.63, 3.8) is 0 Å². The molecule has 0 aliphatic heterocycles. The number of carbonyl (C=O) groups is 1. The van der Waals surface area contributed by atoms with E-state index in [9.17, 15) is 14.7 Å². The number of fused-ring (bicyclic) bond motifs is 2. The van der Waals surface area contributed by atoms with Gasteiger partial charge in [0.2, 0.25) is 0 Å². The average Bonchev–Trinajstić information content (AvgIpc) is 2.66. The highest BCUT2D eigenvalue weighted by Gasteiger charge is 2.18. The van der Waals surface area contributed by atoms with Gasteiger partial charge in [-0.2, -0.15) is 0 Å². The summed E-state index contributed by atoms with van der Waals surface area (Å²) < 4.78 is 1.47. The lowest BCUT2D eigenvalue weighted by molar-refractivity contribution is 0.0696. The number of hydrogen-bond donors (Lipinski definition) is 1. The molecule has 4 aromatic rings. The van der Waals surface area contributed by atoms with Gasteiger partial charge in [0.1, 0.15) is 0 Å². The number of carboxylic acids is 1. The molecule has 2 heterocycles. The first kappa shape index (κ1) is 17.0. The van der Waals surface area contributed by atoms with Crippen molar-refractivity contribution in [2.45, 2.75) is 19.9 Å². The predicted molar refractivity (Wildman–Crippen MR) is 105 cm³/mol. The summed E-state index contributed by atoms with van der Waals surface area (Å²) in [4.78, 5) is 29.2. The fourth-order valence-corrected chi connectivity index (χ4v) is 3.39. The molecule has 5 nitrogen and oxygen atoms in total. The molecule has 134 valence electrons. The van der Waals surface area contributed by atoms with E-state index >= 15 is 0 Å². The van der Waals surface area contributed by atoms with Crippen molar-refractivity contribution in [1.29, 1.82) is 0 Å². The minimum absolute atomic E-state index is 0.241. The smallest absolute Gasteiger partial charge is 0.343 e.